The fourth-order valence-corrected chi connectivity index (χ4v) is 3.84. The fourth-order valence-electron chi connectivity index (χ4n) is 3.84. The minimum atomic E-state index is -0.879. The Morgan fingerprint density at radius 2 is 1.92 bits per heavy atom. The van der Waals surface area contributed by atoms with Gasteiger partial charge in [0.25, 0.3) is 0 Å². The molecule has 0 saturated carbocycles. The molecule has 0 aliphatic carbocycles. The lowest BCUT2D eigenvalue weighted by Crippen LogP contribution is -2.26. The maximum absolute atomic E-state index is 14.7. The monoisotopic (exact) mass is 486 g/mol. The van der Waals surface area contributed by atoms with Gasteiger partial charge in [-0.15, -0.1) is 5.10 Å². The summed E-state index contributed by atoms with van der Waals surface area (Å²) in [5.41, 5.74) is 7.63. The number of benzene rings is 1. The van der Waals surface area contributed by atoms with E-state index in [1.807, 2.05) is 38.1 Å². The third-order valence-electron chi connectivity index (χ3n) is 6.01. The minimum absolute atomic E-state index is 0.0250. The van der Waals surface area contributed by atoms with Gasteiger partial charge in [-0.25, -0.2) is 19.0 Å². The van der Waals surface area contributed by atoms with Gasteiger partial charge < -0.3 is 10.8 Å². The van der Waals surface area contributed by atoms with Gasteiger partial charge in [0.15, 0.2) is 0 Å². The number of hydrogen-bond donors (Lipinski definition) is 2. The predicted octanol–water partition coefficient (Wildman–Crippen LogP) is 3.58. The Bertz CT molecular complexity index is 1480. The van der Waals surface area contributed by atoms with Crippen molar-refractivity contribution in [2.45, 2.75) is 38.6 Å². The van der Waals surface area contributed by atoms with Crippen LogP contribution in [0.15, 0.2) is 48.7 Å². The number of anilines is 1. The summed E-state index contributed by atoms with van der Waals surface area (Å²) in [6.07, 6.45) is 2.25. The highest BCUT2D eigenvalue weighted by atomic mass is 19.1. The van der Waals surface area contributed by atoms with Crippen LogP contribution in [0.1, 0.15) is 43.6 Å². The van der Waals surface area contributed by atoms with Gasteiger partial charge in [-0.3, -0.25) is 9.78 Å². The van der Waals surface area contributed by atoms with Gasteiger partial charge >= 0.3 is 5.97 Å². The van der Waals surface area contributed by atoms with Crippen LogP contribution in [-0.2, 0) is 16.8 Å². The van der Waals surface area contributed by atoms with Crippen molar-refractivity contribution in [1.82, 2.24) is 29.9 Å². The molecule has 4 rings (SSSR count). The number of hydrogen-bond acceptors (Lipinski definition) is 8. The molecule has 4 aromatic rings. The lowest BCUT2D eigenvalue weighted by Gasteiger charge is -2.26. The molecular weight excluding hydrogens is 463 g/mol. The largest absolute Gasteiger partial charge is 0.481 e. The van der Waals surface area contributed by atoms with Crippen LogP contribution in [0.3, 0.4) is 0 Å². The number of halogens is 1. The highest BCUT2D eigenvalue weighted by Crippen LogP contribution is 2.30. The van der Waals surface area contributed by atoms with Crippen molar-refractivity contribution in [3.63, 3.8) is 0 Å². The highest BCUT2D eigenvalue weighted by Gasteiger charge is 2.29. The number of carbonyl (C=O) groups is 1. The Morgan fingerprint density at radius 1 is 1.17 bits per heavy atom. The Labute approximate surface area is 206 Å². The van der Waals surface area contributed by atoms with E-state index in [-0.39, 0.29) is 29.2 Å². The first-order chi connectivity index (χ1) is 17.2. The number of aliphatic carboxylic acids is 1. The summed E-state index contributed by atoms with van der Waals surface area (Å²) in [4.78, 5) is 24.3. The summed E-state index contributed by atoms with van der Waals surface area (Å²) in [6, 6.07) is 13.3. The maximum atomic E-state index is 14.7. The molecule has 0 radical (unpaired) electrons. The molecule has 11 heteroatoms. The molecule has 1 atom stereocenters. The van der Waals surface area contributed by atoms with Crippen LogP contribution in [-0.4, -0.2) is 41.0 Å². The first-order valence-electron chi connectivity index (χ1n) is 11.1. The third kappa shape index (κ3) is 5.02. The summed E-state index contributed by atoms with van der Waals surface area (Å²) in [6.45, 7) is 4.11. The molecule has 1 aromatic carbocycles. The molecule has 0 aliphatic rings. The number of nitrogen functional groups attached to an aromatic ring is 1. The number of nitrogens with zero attached hydrogens (tertiary/aromatic N) is 7. The van der Waals surface area contributed by atoms with E-state index in [0.717, 1.165) is 0 Å². The highest BCUT2D eigenvalue weighted by molar-refractivity contribution is 5.69. The quantitative estimate of drug-likeness (QED) is 0.380. The van der Waals surface area contributed by atoms with Crippen molar-refractivity contribution < 1.29 is 14.3 Å². The van der Waals surface area contributed by atoms with Crippen LogP contribution in [0.5, 0.6) is 0 Å². The Hall–Kier alpha value is -4.72. The average Bonchev–Trinajstić information content (AvgIpc) is 3.32. The van der Waals surface area contributed by atoms with Gasteiger partial charge in [0.2, 0.25) is 5.95 Å². The van der Waals surface area contributed by atoms with E-state index in [2.05, 4.69) is 25.3 Å². The molecule has 182 valence electrons. The maximum Gasteiger partial charge on any atom is 0.304 e. The minimum Gasteiger partial charge on any atom is -0.481 e. The zero-order valence-electron chi connectivity index (χ0n) is 19.7. The average molecular weight is 487 g/mol. The van der Waals surface area contributed by atoms with Crippen LogP contribution in [0.4, 0.5) is 10.3 Å². The van der Waals surface area contributed by atoms with Crippen LogP contribution < -0.4 is 5.73 Å². The topological polar surface area (TPSA) is 156 Å². The molecule has 10 nitrogen and oxygen atoms in total. The Kier molecular flexibility index (Phi) is 6.69. The molecule has 0 aliphatic heterocycles. The van der Waals surface area contributed by atoms with Crippen molar-refractivity contribution in [1.29, 1.82) is 5.26 Å². The van der Waals surface area contributed by atoms with Crippen molar-refractivity contribution in [3.8, 4) is 28.7 Å². The van der Waals surface area contributed by atoms with Crippen LogP contribution >= 0.6 is 0 Å². The van der Waals surface area contributed by atoms with E-state index >= 15 is 0 Å². The molecule has 3 N–H and O–H groups in total. The van der Waals surface area contributed by atoms with Crippen molar-refractivity contribution in [2.75, 3.05) is 5.73 Å². The number of nitrogens with two attached hydrogens (primary N) is 1. The summed E-state index contributed by atoms with van der Waals surface area (Å²) in [5, 5.41) is 26.7. The molecular formula is C25H23FN8O2. The Balaban J connectivity index is 1.62. The van der Waals surface area contributed by atoms with Gasteiger partial charge in [0.05, 0.1) is 41.8 Å². The number of aromatic nitrogens is 6. The van der Waals surface area contributed by atoms with Crippen molar-refractivity contribution in [2.24, 2.45) is 0 Å². The first-order valence-corrected chi connectivity index (χ1v) is 11.1. The fraction of sp³-hybridized carbons (Fsp3) is 0.240. The van der Waals surface area contributed by atoms with Gasteiger partial charge in [0, 0.05) is 16.7 Å². The summed E-state index contributed by atoms with van der Waals surface area (Å²) in [5.74, 6) is -1.65. The van der Waals surface area contributed by atoms with E-state index in [4.69, 9.17) is 11.0 Å². The second kappa shape index (κ2) is 9.87. The standard InChI is InChI=1S/C25H23FN8O2/c1-3-25(2,11-22(35)36)21-9-5-7-16(29-21)13-34-14-20(32-33-34)19-10-18(30-24(28)31-19)17-8-4-6-15(12-27)23(17)26/h4-10,14H,3,11,13H2,1-2H3,(H,35,36)(H2,28,30,31)/t25-/m0/s1. The molecule has 0 bridgehead atoms. The van der Waals surface area contributed by atoms with Gasteiger partial charge in [0.1, 0.15) is 17.6 Å². The van der Waals surface area contributed by atoms with Crippen molar-refractivity contribution in [3.05, 3.63) is 71.4 Å². The lowest BCUT2D eigenvalue weighted by molar-refractivity contribution is -0.138. The molecule has 3 aromatic heterocycles. The van der Waals surface area contributed by atoms with Crippen LogP contribution in [0.2, 0.25) is 0 Å². The number of carboxylic acids is 1. The van der Waals surface area contributed by atoms with Crippen LogP contribution in [0.25, 0.3) is 22.6 Å². The molecule has 0 amide bonds. The molecule has 0 saturated heterocycles. The second-order valence-corrected chi connectivity index (χ2v) is 8.58. The van der Waals surface area contributed by atoms with Gasteiger partial charge in [-0.05, 0) is 36.8 Å². The zero-order chi connectivity index (χ0) is 25.9. The lowest BCUT2D eigenvalue weighted by atomic mass is 9.80. The summed E-state index contributed by atoms with van der Waals surface area (Å²) < 4.78 is 16.3. The van der Waals surface area contributed by atoms with Crippen molar-refractivity contribution >= 4 is 11.9 Å². The van der Waals surface area contributed by atoms with E-state index < -0.39 is 17.2 Å². The molecule has 0 spiro atoms. The number of carboxylic acid groups (broad SMARTS) is 1. The first kappa shape index (κ1) is 24.4. The van der Waals surface area contributed by atoms with E-state index in [1.54, 1.807) is 16.9 Å². The number of pyridine rings is 1. The molecule has 36 heavy (non-hydrogen) atoms. The van der Waals surface area contributed by atoms with E-state index in [1.165, 1.54) is 18.2 Å². The molecule has 3 heterocycles. The second-order valence-electron chi connectivity index (χ2n) is 8.58. The Morgan fingerprint density at radius 3 is 2.64 bits per heavy atom. The van der Waals surface area contributed by atoms with Gasteiger partial charge in [-0.1, -0.05) is 31.2 Å². The summed E-state index contributed by atoms with van der Waals surface area (Å²) in [7, 11) is 0. The molecule has 0 unspecified atom stereocenters. The zero-order valence-corrected chi connectivity index (χ0v) is 19.7. The molecule has 0 fully saturated rings. The normalized spacial score (nSPS) is 12.6. The number of nitriles is 1. The number of rotatable bonds is 8. The summed E-state index contributed by atoms with van der Waals surface area (Å²) >= 11 is 0. The smallest absolute Gasteiger partial charge is 0.304 e. The predicted molar refractivity (Wildman–Crippen MR) is 129 cm³/mol. The SMILES string of the molecule is CC[C@@](C)(CC(=O)O)c1cccc(Cn2cc(-c3cc(-c4cccc(C#N)c4F)nc(N)n3)nn2)n1. The van der Waals surface area contributed by atoms with E-state index in [9.17, 15) is 14.3 Å². The third-order valence-corrected chi connectivity index (χ3v) is 6.01. The van der Waals surface area contributed by atoms with Crippen LogP contribution in [0, 0.1) is 17.1 Å². The van der Waals surface area contributed by atoms with E-state index in [0.29, 0.717) is 35.7 Å². The van der Waals surface area contributed by atoms with Gasteiger partial charge in [-0.2, -0.15) is 5.26 Å².